The average molecular weight is 419 g/mol. The second-order valence-electron chi connectivity index (χ2n) is 4.18. The molecule has 0 aliphatic heterocycles. The number of nitriles is 1. The number of benzene rings is 1. The van der Waals surface area contributed by atoms with Crippen molar-refractivity contribution in [2.45, 2.75) is 6.92 Å². The number of rotatable bonds is 3. The third-order valence-corrected chi connectivity index (χ3v) is 4.38. The molecule has 0 fully saturated rings. The average Bonchev–Trinajstić information content (AvgIpc) is 2.50. The summed E-state index contributed by atoms with van der Waals surface area (Å²) in [5, 5.41) is 13.2. The summed E-state index contributed by atoms with van der Waals surface area (Å²) in [5.74, 6) is 0.187. The third kappa shape index (κ3) is 3.71. The van der Waals surface area contributed by atoms with Crippen LogP contribution < -0.4 is 5.43 Å². The van der Waals surface area contributed by atoms with Crippen molar-refractivity contribution in [3.8, 4) is 6.07 Å². The number of aromatic nitrogens is 1. The molecule has 2 aromatic rings. The Morgan fingerprint density at radius 1 is 1.23 bits per heavy atom. The minimum Gasteiger partial charge on any atom is -0.260 e. The van der Waals surface area contributed by atoms with Crippen molar-refractivity contribution >= 4 is 62.3 Å². The Kier molecular flexibility index (Phi) is 5.65. The van der Waals surface area contributed by atoms with Gasteiger partial charge in [-0.1, -0.05) is 62.9 Å². The standard InChI is InChI=1S/C14H8BrCl3N4/c1-7(8-2-4-9(15)5-3-8)21-22-14-12(17)11(16)10(6-19)13(18)20-14/h2-5H,1H3,(H,20,22)/b21-7-. The van der Waals surface area contributed by atoms with Gasteiger partial charge in [-0.05, 0) is 24.6 Å². The van der Waals surface area contributed by atoms with Crippen LogP contribution in [0.15, 0.2) is 33.8 Å². The molecule has 1 heterocycles. The molecule has 1 aromatic heterocycles. The highest BCUT2D eigenvalue weighted by Gasteiger charge is 2.16. The van der Waals surface area contributed by atoms with Gasteiger partial charge in [0.25, 0.3) is 0 Å². The number of hydrogen-bond donors (Lipinski definition) is 1. The van der Waals surface area contributed by atoms with Gasteiger partial charge in [0.15, 0.2) is 11.0 Å². The minimum atomic E-state index is -0.0316. The van der Waals surface area contributed by atoms with Crippen molar-refractivity contribution in [3.05, 3.63) is 55.1 Å². The molecule has 22 heavy (non-hydrogen) atoms. The number of halogens is 4. The van der Waals surface area contributed by atoms with Gasteiger partial charge in [0.2, 0.25) is 0 Å². The monoisotopic (exact) mass is 416 g/mol. The maximum absolute atomic E-state index is 8.93. The topological polar surface area (TPSA) is 61.1 Å². The summed E-state index contributed by atoms with van der Waals surface area (Å²) in [6.07, 6.45) is 0. The zero-order valence-corrected chi connectivity index (χ0v) is 15.0. The summed E-state index contributed by atoms with van der Waals surface area (Å²) < 4.78 is 0.979. The summed E-state index contributed by atoms with van der Waals surface area (Å²) in [4.78, 5) is 3.98. The lowest BCUT2D eigenvalue weighted by Gasteiger charge is -2.08. The van der Waals surface area contributed by atoms with E-state index in [0.717, 1.165) is 15.7 Å². The predicted octanol–water partition coefficient (Wildman–Crippen LogP) is 5.51. The first kappa shape index (κ1) is 17.0. The van der Waals surface area contributed by atoms with Gasteiger partial charge in [-0.3, -0.25) is 5.43 Å². The van der Waals surface area contributed by atoms with E-state index < -0.39 is 0 Å². The van der Waals surface area contributed by atoms with E-state index in [1.165, 1.54) is 0 Å². The molecule has 0 radical (unpaired) electrons. The highest BCUT2D eigenvalue weighted by molar-refractivity contribution is 9.10. The largest absolute Gasteiger partial charge is 0.260 e. The number of anilines is 1. The fraction of sp³-hybridized carbons (Fsp3) is 0.0714. The van der Waals surface area contributed by atoms with E-state index in [1.807, 2.05) is 37.3 Å². The molecule has 0 saturated carbocycles. The summed E-state index contributed by atoms with van der Waals surface area (Å²) in [6.45, 7) is 1.83. The number of hydrazone groups is 1. The number of nitrogens with one attached hydrogen (secondary N) is 1. The second kappa shape index (κ2) is 7.30. The van der Waals surface area contributed by atoms with E-state index in [-0.39, 0.29) is 26.6 Å². The molecule has 0 amide bonds. The van der Waals surface area contributed by atoms with Crippen LogP contribution in [0.1, 0.15) is 18.1 Å². The molecule has 8 heteroatoms. The molecular formula is C14H8BrCl3N4. The van der Waals surface area contributed by atoms with Crippen LogP contribution in [0.3, 0.4) is 0 Å². The normalized spacial score (nSPS) is 11.2. The van der Waals surface area contributed by atoms with Crippen LogP contribution in [0.25, 0.3) is 0 Å². The summed E-state index contributed by atoms with van der Waals surface area (Å²) in [6, 6.07) is 9.50. The van der Waals surface area contributed by atoms with Crippen LogP contribution in [0.4, 0.5) is 5.82 Å². The zero-order chi connectivity index (χ0) is 16.3. The minimum absolute atomic E-state index is 0.0316. The molecule has 1 aromatic carbocycles. The summed E-state index contributed by atoms with van der Waals surface area (Å²) in [5.41, 5.74) is 4.40. The van der Waals surface area contributed by atoms with Gasteiger partial charge in [0.1, 0.15) is 16.7 Å². The van der Waals surface area contributed by atoms with Gasteiger partial charge in [0.05, 0.1) is 10.7 Å². The highest BCUT2D eigenvalue weighted by Crippen LogP contribution is 2.34. The van der Waals surface area contributed by atoms with Crippen LogP contribution in [0, 0.1) is 11.3 Å². The first-order valence-corrected chi connectivity index (χ1v) is 7.87. The van der Waals surface area contributed by atoms with Crippen molar-refractivity contribution in [2.75, 3.05) is 5.43 Å². The number of hydrogen-bond acceptors (Lipinski definition) is 4. The Morgan fingerprint density at radius 2 is 1.86 bits per heavy atom. The smallest absolute Gasteiger partial charge is 0.168 e. The van der Waals surface area contributed by atoms with Gasteiger partial charge in [-0.25, -0.2) is 4.98 Å². The summed E-state index contributed by atoms with van der Waals surface area (Å²) >= 11 is 21.3. The Labute approximate surface area is 150 Å². The van der Waals surface area contributed by atoms with E-state index in [9.17, 15) is 0 Å². The molecule has 2 rings (SSSR count). The van der Waals surface area contributed by atoms with Crippen LogP contribution in [0.5, 0.6) is 0 Å². The SMILES string of the molecule is C/C(=N/Nc1nc(Cl)c(C#N)c(Cl)c1Cl)c1ccc(Br)cc1. The molecule has 112 valence electrons. The first-order chi connectivity index (χ1) is 10.4. The third-order valence-electron chi connectivity index (χ3n) is 2.74. The number of nitrogens with zero attached hydrogens (tertiary/aromatic N) is 3. The Bertz CT molecular complexity index is 782. The van der Waals surface area contributed by atoms with Crippen LogP contribution >= 0.6 is 50.7 Å². The first-order valence-electron chi connectivity index (χ1n) is 5.95. The van der Waals surface area contributed by atoms with Gasteiger partial charge in [0, 0.05) is 4.47 Å². The van der Waals surface area contributed by atoms with Crippen LogP contribution in [-0.2, 0) is 0 Å². The van der Waals surface area contributed by atoms with Gasteiger partial charge >= 0.3 is 0 Å². The van der Waals surface area contributed by atoms with E-state index in [0.29, 0.717) is 0 Å². The lowest BCUT2D eigenvalue weighted by Crippen LogP contribution is -2.02. The molecule has 0 saturated heterocycles. The quantitative estimate of drug-likeness (QED) is 0.406. The molecule has 0 aliphatic rings. The molecular weight excluding hydrogens is 410 g/mol. The fourth-order valence-corrected chi connectivity index (χ4v) is 2.50. The van der Waals surface area contributed by atoms with Gasteiger partial charge < -0.3 is 0 Å². The maximum Gasteiger partial charge on any atom is 0.168 e. The van der Waals surface area contributed by atoms with Crippen molar-refractivity contribution < 1.29 is 0 Å². The Balaban J connectivity index is 2.30. The van der Waals surface area contributed by atoms with Crippen molar-refractivity contribution in [1.29, 1.82) is 5.26 Å². The molecule has 0 spiro atoms. The van der Waals surface area contributed by atoms with Crippen LogP contribution in [0.2, 0.25) is 15.2 Å². The lowest BCUT2D eigenvalue weighted by molar-refractivity contribution is 1.21. The van der Waals surface area contributed by atoms with E-state index in [4.69, 9.17) is 40.1 Å². The zero-order valence-electron chi connectivity index (χ0n) is 11.2. The van der Waals surface area contributed by atoms with Gasteiger partial charge in [-0.2, -0.15) is 10.4 Å². The van der Waals surface area contributed by atoms with Crippen molar-refractivity contribution in [2.24, 2.45) is 5.10 Å². The molecule has 0 unspecified atom stereocenters. The van der Waals surface area contributed by atoms with Crippen molar-refractivity contribution in [1.82, 2.24) is 4.98 Å². The van der Waals surface area contributed by atoms with E-state index in [1.54, 1.807) is 0 Å². The van der Waals surface area contributed by atoms with E-state index in [2.05, 4.69) is 31.4 Å². The molecule has 0 aliphatic carbocycles. The molecule has 0 atom stereocenters. The van der Waals surface area contributed by atoms with Crippen LogP contribution in [-0.4, -0.2) is 10.7 Å². The second-order valence-corrected chi connectivity index (χ2v) is 6.21. The predicted molar refractivity (Wildman–Crippen MR) is 94.0 cm³/mol. The Morgan fingerprint density at radius 3 is 2.45 bits per heavy atom. The summed E-state index contributed by atoms with van der Waals surface area (Å²) in [7, 11) is 0. The van der Waals surface area contributed by atoms with Gasteiger partial charge in [-0.15, -0.1) is 0 Å². The molecule has 4 nitrogen and oxygen atoms in total. The maximum atomic E-state index is 8.93. The Hall–Kier alpha value is -1.32. The highest BCUT2D eigenvalue weighted by atomic mass is 79.9. The van der Waals surface area contributed by atoms with Crippen molar-refractivity contribution in [3.63, 3.8) is 0 Å². The number of pyridine rings is 1. The van der Waals surface area contributed by atoms with E-state index >= 15 is 0 Å². The lowest BCUT2D eigenvalue weighted by atomic mass is 10.1. The molecule has 1 N–H and O–H groups in total. The molecule has 0 bridgehead atoms. The fourth-order valence-electron chi connectivity index (χ4n) is 1.57.